The van der Waals surface area contributed by atoms with Crippen LogP contribution in [0.1, 0.15) is 39.0 Å². The Labute approximate surface area is 127 Å². The van der Waals surface area contributed by atoms with Gasteiger partial charge in [-0.2, -0.15) is 0 Å². The maximum Gasteiger partial charge on any atom is 0.148 e. The lowest BCUT2D eigenvalue weighted by Crippen LogP contribution is -2.37. The van der Waals surface area contributed by atoms with Crippen LogP contribution in [-0.2, 0) is 4.57 Å². The van der Waals surface area contributed by atoms with Gasteiger partial charge in [-0.1, -0.05) is 86.8 Å². The standard InChI is InChI=1S/C19H23OP/c1-19(15-9-4-10-16-19)21(20,17-11-5-2-6-12-17)18-13-7-3-8-14-18/h2-3,5-8,11-14H,4,9-10,15-16H2,1H3. The van der Waals surface area contributed by atoms with Gasteiger partial charge in [0.2, 0.25) is 0 Å². The Morgan fingerprint density at radius 1 is 0.762 bits per heavy atom. The molecule has 1 fully saturated rings. The zero-order valence-electron chi connectivity index (χ0n) is 12.7. The molecule has 1 aliphatic carbocycles. The van der Waals surface area contributed by atoms with E-state index in [4.69, 9.17) is 0 Å². The fourth-order valence-corrected chi connectivity index (χ4v) is 7.35. The third kappa shape index (κ3) is 2.49. The van der Waals surface area contributed by atoms with Crippen LogP contribution < -0.4 is 10.6 Å². The molecule has 0 amide bonds. The molecule has 0 unspecified atom stereocenters. The van der Waals surface area contributed by atoms with Crippen molar-refractivity contribution >= 4 is 17.8 Å². The van der Waals surface area contributed by atoms with Crippen molar-refractivity contribution in [2.24, 2.45) is 0 Å². The van der Waals surface area contributed by atoms with Crippen molar-refractivity contribution in [2.45, 2.75) is 44.2 Å². The third-order valence-electron chi connectivity index (χ3n) is 4.93. The molecule has 1 saturated carbocycles. The second kappa shape index (κ2) is 5.81. The Kier molecular flexibility index (Phi) is 4.04. The number of hydrogen-bond acceptors (Lipinski definition) is 1. The molecular weight excluding hydrogens is 275 g/mol. The molecule has 110 valence electrons. The highest BCUT2D eigenvalue weighted by atomic mass is 31.2. The molecule has 0 radical (unpaired) electrons. The van der Waals surface area contributed by atoms with E-state index in [0.29, 0.717) is 0 Å². The number of rotatable bonds is 3. The topological polar surface area (TPSA) is 17.1 Å². The summed E-state index contributed by atoms with van der Waals surface area (Å²) in [7, 11) is -2.61. The van der Waals surface area contributed by atoms with Crippen molar-refractivity contribution in [3.8, 4) is 0 Å². The molecule has 2 aromatic carbocycles. The molecule has 1 nitrogen and oxygen atoms in total. The second-order valence-electron chi connectivity index (χ2n) is 6.34. The summed E-state index contributed by atoms with van der Waals surface area (Å²) in [5.74, 6) is 0. The Balaban J connectivity index is 2.18. The minimum atomic E-state index is -2.61. The quantitative estimate of drug-likeness (QED) is 0.749. The third-order valence-corrected chi connectivity index (χ3v) is 8.95. The summed E-state index contributed by atoms with van der Waals surface area (Å²) in [6.45, 7) is 2.24. The average molecular weight is 298 g/mol. The first kappa shape index (κ1) is 14.6. The summed E-state index contributed by atoms with van der Waals surface area (Å²) in [5, 5.41) is 1.93. The predicted octanol–water partition coefficient (Wildman–Crippen LogP) is 4.72. The molecule has 2 aromatic rings. The van der Waals surface area contributed by atoms with Crippen molar-refractivity contribution in [3.63, 3.8) is 0 Å². The van der Waals surface area contributed by atoms with Crippen LogP contribution in [0.3, 0.4) is 0 Å². The first-order valence-electron chi connectivity index (χ1n) is 7.88. The average Bonchev–Trinajstić information content (AvgIpc) is 2.56. The van der Waals surface area contributed by atoms with Gasteiger partial charge in [0.15, 0.2) is 0 Å². The smallest absolute Gasteiger partial charge is 0.148 e. The fraction of sp³-hybridized carbons (Fsp3) is 0.368. The molecule has 0 saturated heterocycles. The second-order valence-corrected chi connectivity index (χ2v) is 9.67. The van der Waals surface area contributed by atoms with Gasteiger partial charge in [0.05, 0.1) is 0 Å². The molecule has 1 aliphatic rings. The van der Waals surface area contributed by atoms with Crippen LogP contribution in [-0.4, -0.2) is 5.16 Å². The zero-order chi connectivity index (χ0) is 14.8. The first-order chi connectivity index (χ1) is 10.2. The minimum absolute atomic E-state index is 0.103. The normalized spacial score (nSPS) is 18.3. The molecule has 0 atom stereocenters. The van der Waals surface area contributed by atoms with Gasteiger partial charge < -0.3 is 4.57 Å². The zero-order valence-corrected chi connectivity index (χ0v) is 13.6. The molecule has 21 heavy (non-hydrogen) atoms. The summed E-state index contributed by atoms with van der Waals surface area (Å²) in [5.41, 5.74) is 0. The predicted molar refractivity (Wildman–Crippen MR) is 91.2 cm³/mol. The highest BCUT2D eigenvalue weighted by Crippen LogP contribution is 2.61. The highest BCUT2D eigenvalue weighted by molar-refractivity contribution is 7.80. The summed E-state index contributed by atoms with van der Waals surface area (Å²) in [4.78, 5) is 0. The van der Waals surface area contributed by atoms with Crippen LogP contribution in [0.15, 0.2) is 60.7 Å². The van der Waals surface area contributed by atoms with E-state index < -0.39 is 7.14 Å². The Bertz CT molecular complexity index is 584. The highest BCUT2D eigenvalue weighted by Gasteiger charge is 2.46. The van der Waals surface area contributed by atoms with E-state index in [1.807, 2.05) is 60.7 Å². The molecule has 0 aromatic heterocycles. The lowest BCUT2D eigenvalue weighted by atomic mass is 9.90. The lowest BCUT2D eigenvalue weighted by Gasteiger charge is -2.41. The summed E-state index contributed by atoms with van der Waals surface area (Å²) < 4.78 is 14.3. The van der Waals surface area contributed by atoms with E-state index in [-0.39, 0.29) is 5.16 Å². The molecule has 2 heteroatoms. The number of benzene rings is 2. The van der Waals surface area contributed by atoms with Crippen LogP contribution in [0.5, 0.6) is 0 Å². The van der Waals surface area contributed by atoms with Gasteiger partial charge in [-0.15, -0.1) is 0 Å². The van der Waals surface area contributed by atoms with Crippen molar-refractivity contribution in [3.05, 3.63) is 60.7 Å². The molecule has 0 bridgehead atoms. The number of hydrogen-bond donors (Lipinski definition) is 0. The maximum atomic E-state index is 14.3. The monoisotopic (exact) mass is 298 g/mol. The molecule has 0 N–H and O–H groups in total. The van der Waals surface area contributed by atoms with Crippen LogP contribution in [0, 0.1) is 0 Å². The van der Waals surface area contributed by atoms with E-state index >= 15 is 0 Å². The van der Waals surface area contributed by atoms with Crippen LogP contribution in [0.4, 0.5) is 0 Å². The Morgan fingerprint density at radius 3 is 1.62 bits per heavy atom. The van der Waals surface area contributed by atoms with Gasteiger partial charge >= 0.3 is 0 Å². The van der Waals surface area contributed by atoms with E-state index in [9.17, 15) is 4.57 Å². The molecule has 0 heterocycles. The van der Waals surface area contributed by atoms with Crippen molar-refractivity contribution < 1.29 is 4.57 Å². The van der Waals surface area contributed by atoms with Crippen LogP contribution in [0.25, 0.3) is 0 Å². The van der Waals surface area contributed by atoms with Crippen molar-refractivity contribution in [2.75, 3.05) is 0 Å². The van der Waals surface area contributed by atoms with Gasteiger partial charge in [0, 0.05) is 15.8 Å². The van der Waals surface area contributed by atoms with Crippen molar-refractivity contribution in [1.29, 1.82) is 0 Å². The summed E-state index contributed by atoms with van der Waals surface area (Å²) in [6, 6.07) is 20.2. The first-order valence-corrected chi connectivity index (χ1v) is 9.59. The Hall–Kier alpha value is -1.33. The molecular formula is C19H23OP. The van der Waals surface area contributed by atoms with Gasteiger partial charge in [-0.3, -0.25) is 0 Å². The van der Waals surface area contributed by atoms with Gasteiger partial charge in [0.25, 0.3) is 0 Å². The molecule has 0 spiro atoms. The largest absolute Gasteiger partial charge is 0.313 e. The van der Waals surface area contributed by atoms with Gasteiger partial charge in [-0.05, 0) is 12.8 Å². The SMILES string of the molecule is CC1(P(=O)(c2ccccc2)c2ccccc2)CCCCC1. The van der Waals surface area contributed by atoms with Gasteiger partial charge in [0.1, 0.15) is 7.14 Å². The Morgan fingerprint density at radius 2 is 1.19 bits per heavy atom. The van der Waals surface area contributed by atoms with E-state index in [1.165, 1.54) is 19.3 Å². The molecule has 0 aliphatic heterocycles. The summed E-state index contributed by atoms with van der Waals surface area (Å²) >= 11 is 0. The van der Waals surface area contributed by atoms with E-state index in [2.05, 4.69) is 6.92 Å². The van der Waals surface area contributed by atoms with E-state index in [0.717, 1.165) is 23.5 Å². The fourth-order valence-electron chi connectivity index (χ4n) is 3.68. The minimum Gasteiger partial charge on any atom is -0.313 e. The van der Waals surface area contributed by atoms with Gasteiger partial charge in [-0.25, -0.2) is 0 Å². The van der Waals surface area contributed by atoms with Crippen molar-refractivity contribution in [1.82, 2.24) is 0 Å². The molecule has 3 rings (SSSR count). The summed E-state index contributed by atoms with van der Waals surface area (Å²) in [6.07, 6.45) is 5.79. The maximum absolute atomic E-state index is 14.3. The van der Waals surface area contributed by atoms with Crippen LogP contribution >= 0.6 is 7.14 Å². The van der Waals surface area contributed by atoms with E-state index in [1.54, 1.807) is 0 Å². The lowest BCUT2D eigenvalue weighted by molar-refractivity contribution is 0.400. The van der Waals surface area contributed by atoms with Crippen LogP contribution in [0.2, 0.25) is 0 Å².